The third-order valence-corrected chi connectivity index (χ3v) is 4.82. The molecule has 6 nitrogen and oxygen atoms in total. The Morgan fingerprint density at radius 2 is 1.90 bits per heavy atom. The Hall–Kier alpha value is -1.31. The van der Waals surface area contributed by atoms with E-state index in [4.69, 9.17) is 10.5 Å². The molecule has 2 atom stereocenters. The van der Waals surface area contributed by atoms with E-state index in [-0.39, 0.29) is 22.8 Å². The van der Waals surface area contributed by atoms with Gasteiger partial charge in [0.05, 0.1) is 17.9 Å². The average molecular weight is 299 g/mol. The predicted octanol–water partition coefficient (Wildman–Crippen LogP) is 0.790. The molecular weight excluding hydrogens is 278 g/mol. The fourth-order valence-electron chi connectivity index (χ4n) is 2.48. The van der Waals surface area contributed by atoms with Gasteiger partial charge in [-0.25, -0.2) is 13.1 Å². The van der Waals surface area contributed by atoms with Crippen LogP contribution in [0.5, 0.6) is 0 Å². The summed E-state index contributed by atoms with van der Waals surface area (Å²) in [4.78, 5) is 2.27. The van der Waals surface area contributed by atoms with Gasteiger partial charge in [-0.05, 0) is 39.1 Å². The van der Waals surface area contributed by atoms with Crippen LogP contribution >= 0.6 is 0 Å². The molecule has 112 valence electrons. The lowest BCUT2D eigenvalue weighted by Crippen LogP contribution is -2.45. The molecule has 0 aromatic heterocycles. The highest BCUT2D eigenvalue weighted by Crippen LogP contribution is 2.27. The van der Waals surface area contributed by atoms with Gasteiger partial charge in [0.25, 0.3) is 0 Å². The number of sulfonamides is 1. The second-order valence-corrected chi connectivity index (χ2v) is 6.95. The van der Waals surface area contributed by atoms with Crippen molar-refractivity contribution in [2.24, 2.45) is 0 Å². The van der Waals surface area contributed by atoms with Gasteiger partial charge in [-0.1, -0.05) is 0 Å². The van der Waals surface area contributed by atoms with E-state index in [1.165, 1.54) is 7.05 Å². The summed E-state index contributed by atoms with van der Waals surface area (Å²) in [6, 6.07) is 5.03. The fraction of sp³-hybridized carbons (Fsp3) is 0.538. The number of ether oxygens (including phenoxy) is 1. The van der Waals surface area contributed by atoms with Crippen molar-refractivity contribution in [3.05, 3.63) is 18.2 Å². The van der Waals surface area contributed by atoms with Crippen LogP contribution in [0.15, 0.2) is 23.1 Å². The number of hydrogen-bond acceptors (Lipinski definition) is 5. The second kappa shape index (κ2) is 5.59. The summed E-state index contributed by atoms with van der Waals surface area (Å²) in [5, 5.41) is 0. The number of hydrogen-bond donors (Lipinski definition) is 2. The summed E-state index contributed by atoms with van der Waals surface area (Å²) in [6.45, 7) is 5.57. The Balaban J connectivity index is 2.30. The average Bonchev–Trinajstić information content (AvgIpc) is 2.37. The van der Waals surface area contributed by atoms with E-state index in [1.807, 2.05) is 13.8 Å². The van der Waals surface area contributed by atoms with E-state index in [9.17, 15) is 8.42 Å². The maximum Gasteiger partial charge on any atom is 0.242 e. The molecule has 1 aliphatic rings. The molecule has 20 heavy (non-hydrogen) atoms. The summed E-state index contributed by atoms with van der Waals surface area (Å²) in [5.74, 6) is 0. The number of benzene rings is 1. The first-order chi connectivity index (χ1) is 9.33. The number of anilines is 2. The van der Waals surface area contributed by atoms with Crippen molar-refractivity contribution in [2.45, 2.75) is 31.0 Å². The molecule has 0 bridgehead atoms. The van der Waals surface area contributed by atoms with Gasteiger partial charge in [0.1, 0.15) is 4.90 Å². The number of nitrogens with two attached hydrogens (primary N) is 1. The van der Waals surface area contributed by atoms with Gasteiger partial charge in [0.15, 0.2) is 0 Å². The first-order valence-corrected chi connectivity index (χ1v) is 8.05. The van der Waals surface area contributed by atoms with Gasteiger partial charge in [0, 0.05) is 18.8 Å². The molecule has 0 spiro atoms. The monoisotopic (exact) mass is 299 g/mol. The molecule has 0 amide bonds. The number of nitrogens with one attached hydrogen (secondary N) is 1. The first-order valence-electron chi connectivity index (χ1n) is 6.57. The summed E-state index contributed by atoms with van der Waals surface area (Å²) in [5.41, 5.74) is 7.05. The summed E-state index contributed by atoms with van der Waals surface area (Å²) < 4.78 is 31.5. The number of morpholine rings is 1. The molecule has 2 rings (SSSR count). The van der Waals surface area contributed by atoms with Gasteiger partial charge in [-0.2, -0.15) is 0 Å². The maximum atomic E-state index is 11.8. The van der Waals surface area contributed by atoms with Crippen molar-refractivity contribution in [1.29, 1.82) is 0 Å². The van der Waals surface area contributed by atoms with Crippen LogP contribution < -0.4 is 15.4 Å². The molecule has 2 unspecified atom stereocenters. The minimum atomic E-state index is -3.52. The van der Waals surface area contributed by atoms with Crippen molar-refractivity contribution in [2.75, 3.05) is 30.8 Å². The minimum absolute atomic E-state index is 0.109. The second-order valence-electron chi connectivity index (χ2n) is 5.09. The highest BCUT2D eigenvalue weighted by molar-refractivity contribution is 7.89. The van der Waals surface area contributed by atoms with E-state index >= 15 is 0 Å². The number of nitrogens with zero attached hydrogens (tertiary/aromatic N) is 1. The van der Waals surface area contributed by atoms with Crippen molar-refractivity contribution < 1.29 is 13.2 Å². The zero-order valence-corrected chi connectivity index (χ0v) is 12.8. The normalized spacial score (nSPS) is 23.9. The maximum absolute atomic E-state index is 11.8. The van der Waals surface area contributed by atoms with Crippen LogP contribution in [0.3, 0.4) is 0 Å². The van der Waals surface area contributed by atoms with Crippen molar-refractivity contribution in [3.63, 3.8) is 0 Å². The zero-order chi connectivity index (χ0) is 14.9. The van der Waals surface area contributed by atoms with Gasteiger partial charge in [-0.15, -0.1) is 0 Å². The van der Waals surface area contributed by atoms with Crippen LogP contribution in [-0.2, 0) is 14.8 Å². The van der Waals surface area contributed by atoms with Crippen molar-refractivity contribution in [3.8, 4) is 0 Å². The van der Waals surface area contributed by atoms with E-state index in [0.717, 1.165) is 18.8 Å². The Kier molecular flexibility index (Phi) is 4.22. The standard InChI is InChI=1S/C13H21N3O3S/c1-9-7-16(8-10(2)19-9)11-4-5-13(12(14)6-11)20(17,18)15-3/h4-6,9-10,15H,7-8,14H2,1-3H3. The minimum Gasteiger partial charge on any atom is -0.398 e. The van der Waals surface area contributed by atoms with E-state index in [1.54, 1.807) is 18.2 Å². The van der Waals surface area contributed by atoms with Gasteiger partial charge < -0.3 is 15.4 Å². The molecule has 3 N–H and O–H groups in total. The molecule has 0 saturated carbocycles. The molecular formula is C13H21N3O3S. The number of rotatable bonds is 3. The van der Waals surface area contributed by atoms with Crippen molar-refractivity contribution in [1.82, 2.24) is 4.72 Å². The lowest BCUT2D eigenvalue weighted by molar-refractivity contribution is -0.00521. The van der Waals surface area contributed by atoms with E-state index in [2.05, 4.69) is 9.62 Å². The molecule has 1 aromatic carbocycles. The quantitative estimate of drug-likeness (QED) is 0.806. The van der Waals surface area contributed by atoms with E-state index in [0.29, 0.717) is 0 Å². The molecule has 1 fully saturated rings. The molecule has 0 aliphatic carbocycles. The fourth-order valence-corrected chi connectivity index (χ4v) is 3.31. The van der Waals surface area contributed by atoms with Gasteiger partial charge >= 0.3 is 0 Å². The van der Waals surface area contributed by atoms with Gasteiger partial charge in [0.2, 0.25) is 10.0 Å². The number of nitrogen functional groups attached to an aromatic ring is 1. The third-order valence-electron chi connectivity index (χ3n) is 3.34. The van der Waals surface area contributed by atoms with Crippen LogP contribution in [0.1, 0.15) is 13.8 Å². The van der Waals surface area contributed by atoms with Crippen LogP contribution in [0, 0.1) is 0 Å². The molecule has 7 heteroatoms. The largest absolute Gasteiger partial charge is 0.398 e. The van der Waals surface area contributed by atoms with Crippen LogP contribution in [0.4, 0.5) is 11.4 Å². The Labute approximate surface area is 120 Å². The topological polar surface area (TPSA) is 84.7 Å². The molecule has 1 heterocycles. The van der Waals surface area contributed by atoms with Crippen LogP contribution in [0.25, 0.3) is 0 Å². The highest BCUT2D eigenvalue weighted by atomic mass is 32.2. The zero-order valence-electron chi connectivity index (χ0n) is 12.0. The Bertz CT molecular complexity index is 579. The lowest BCUT2D eigenvalue weighted by atomic mass is 10.2. The summed E-state index contributed by atoms with van der Waals surface area (Å²) in [6.07, 6.45) is 0.279. The first kappa shape index (κ1) is 15.1. The summed E-state index contributed by atoms with van der Waals surface area (Å²) in [7, 11) is -2.15. The van der Waals surface area contributed by atoms with Crippen molar-refractivity contribution >= 4 is 21.4 Å². The molecule has 1 aliphatic heterocycles. The Morgan fingerprint density at radius 3 is 2.40 bits per heavy atom. The molecule has 1 saturated heterocycles. The summed E-state index contributed by atoms with van der Waals surface area (Å²) >= 11 is 0. The highest BCUT2D eigenvalue weighted by Gasteiger charge is 2.23. The van der Waals surface area contributed by atoms with E-state index < -0.39 is 10.0 Å². The molecule has 1 aromatic rings. The lowest BCUT2D eigenvalue weighted by Gasteiger charge is -2.37. The van der Waals surface area contributed by atoms with Crippen LogP contribution in [-0.4, -0.2) is 40.8 Å². The SMILES string of the molecule is CNS(=O)(=O)c1ccc(N2CC(C)OC(C)C2)cc1N. The predicted molar refractivity (Wildman–Crippen MR) is 79.3 cm³/mol. The Morgan fingerprint density at radius 1 is 1.30 bits per heavy atom. The van der Waals surface area contributed by atoms with Crippen LogP contribution in [0.2, 0.25) is 0 Å². The smallest absolute Gasteiger partial charge is 0.242 e. The van der Waals surface area contributed by atoms with Gasteiger partial charge in [-0.3, -0.25) is 0 Å². The molecule has 0 radical (unpaired) electrons. The third kappa shape index (κ3) is 3.05.